The second-order valence-corrected chi connectivity index (χ2v) is 4.94. The predicted octanol–water partition coefficient (Wildman–Crippen LogP) is 3.56. The first-order chi connectivity index (χ1) is 10.7. The summed E-state index contributed by atoms with van der Waals surface area (Å²) in [5.74, 6) is 2.51. The maximum atomic E-state index is 5.53. The molecule has 0 saturated carbocycles. The molecule has 0 unspecified atom stereocenters. The number of nitrogens with zero attached hydrogens (tertiary/aromatic N) is 1. The molecule has 3 rings (SSSR count). The fourth-order valence-corrected chi connectivity index (χ4v) is 2.59. The zero-order valence-corrected chi connectivity index (χ0v) is 13.1. The van der Waals surface area contributed by atoms with Crippen molar-refractivity contribution < 1.29 is 14.2 Å². The van der Waals surface area contributed by atoms with Crippen LogP contribution in [-0.2, 0) is 0 Å². The van der Waals surface area contributed by atoms with E-state index in [1.165, 1.54) is 0 Å². The van der Waals surface area contributed by atoms with Crippen LogP contribution < -0.4 is 14.2 Å². The zero-order valence-electron chi connectivity index (χ0n) is 13.1. The fourth-order valence-electron chi connectivity index (χ4n) is 2.59. The second-order valence-electron chi connectivity index (χ2n) is 4.94. The molecule has 0 spiro atoms. The molecule has 1 N–H and O–H groups in total. The molecule has 22 heavy (non-hydrogen) atoms. The highest BCUT2D eigenvalue weighted by Crippen LogP contribution is 2.43. The SMILES string of the molecule is COc1ccc(-c2nc3c(C)cccc3[nH]2)c(OC)c1OC. The zero-order chi connectivity index (χ0) is 15.7. The van der Waals surface area contributed by atoms with Crippen molar-refractivity contribution in [3.63, 3.8) is 0 Å². The van der Waals surface area contributed by atoms with Crippen molar-refractivity contribution in [3.05, 3.63) is 35.9 Å². The lowest BCUT2D eigenvalue weighted by Crippen LogP contribution is -1.97. The van der Waals surface area contributed by atoms with E-state index in [4.69, 9.17) is 19.2 Å². The van der Waals surface area contributed by atoms with Crippen molar-refractivity contribution >= 4 is 11.0 Å². The quantitative estimate of drug-likeness (QED) is 0.800. The number of aryl methyl sites for hydroxylation is 1. The van der Waals surface area contributed by atoms with Gasteiger partial charge in [-0.25, -0.2) is 4.98 Å². The van der Waals surface area contributed by atoms with Crippen molar-refractivity contribution in [1.29, 1.82) is 0 Å². The number of imidazole rings is 1. The van der Waals surface area contributed by atoms with E-state index < -0.39 is 0 Å². The van der Waals surface area contributed by atoms with Crippen LogP contribution in [0, 0.1) is 6.92 Å². The number of rotatable bonds is 4. The molecule has 0 saturated heterocycles. The molecule has 114 valence electrons. The Bertz CT molecular complexity index is 824. The molecule has 0 atom stereocenters. The lowest BCUT2D eigenvalue weighted by Gasteiger charge is -2.14. The molecular formula is C17H18N2O3. The van der Waals surface area contributed by atoms with Gasteiger partial charge in [-0.15, -0.1) is 0 Å². The summed E-state index contributed by atoms with van der Waals surface area (Å²) in [5, 5.41) is 0. The first-order valence-electron chi connectivity index (χ1n) is 6.94. The van der Waals surface area contributed by atoms with Gasteiger partial charge in [-0.3, -0.25) is 0 Å². The van der Waals surface area contributed by atoms with E-state index >= 15 is 0 Å². The van der Waals surface area contributed by atoms with Gasteiger partial charge in [0.1, 0.15) is 5.82 Å². The first kappa shape index (κ1) is 14.3. The minimum atomic E-state index is 0.555. The smallest absolute Gasteiger partial charge is 0.204 e. The Morgan fingerprint density at radius 3 is 2.32 bits per heavy atom. The van der Waals surface area contributed by atoms with E-state index in [1.807, 2.05) is 37.3 Å². The molecule has 0 amide bonds. The Kier molecular flexibility index (Phi) is 3.63. The van der Waals surface area contributed by atoms with E-state index in [1.54, 1.807) is 21.3 Å². The largest absolute Gasteiger partial charge is 0.493 e. The third-order valence-corrected chi connectivity index (χ3v) is 3.67. The topological polar surface area (TPSA) is 56.4 Å². The molecule has 2 aromatic carbocycles. The number of para-hydroxylation sites is 1. The third kappa shape index (κ3) is 2.15. The average molecular weight is 298 g/mol. The summed E-state index contributed by atoms with van der Waals surface area (Å²) in [6.45, 7) is 2.04. The van der Waals surface area contributed by atoms with Gasteiger partial charge < -0.3 is 19.2 Å². The molecule has 0 aliphatic carbocycles. The number of ether oxygens (including phenoxy) is 3. The highest BCUT2D eigenvalue weighted by molar-refractivity contribution is 5.84. The molecule has 0 bridgehead atoms. The molecule has 1 aromatic heterocycles. The Hall–Kier alpha value is -2.69. The van der Waals surface area contributed by atoms with E-state index in [0.717, 1.165) is 28.0 Å². The molecular weight excluding hydrogens is 280 g/mol. The molecule has 1 heterocycles. The van der Waals surface area contributed by atoms with Crippen LogP contribution in [0.1, 0.15) is 5.56 Å². The first-order valence-corrected chi connectivity index (χ1v) is 6.94. The Balaban J connectivity index is 2.23. The lowest BCUT2D eigenvalue weighted by atomic mass is 10.1. The number of nitrogens with one attached hydrogen (secondary N) is 1. The van der Waals surface area contributed by atoms with Gasteiger partial charge in [0, 0.05) is 0 Å². The van der Waals surface area contributed by atoms with E-state index in [0.29, 0.717) is 17.2 Å². The van der Waals surface area contributed by atoms with Gasteiger partial charge in [0.05, 0.1) is 37.9 Å². The minimum absolute atomic E-state index is 0.555. The molecule has 0 fully saturated rings. The van der Waals surface area contributed by atoms with Gasteiger partial charge in [-0.1, -0.05) is 12.1 Å². The van der Waals surface area contributed by atoms with Crippen molar-refractivity contribution in [2.45, 2.75) is 6.92 Å². The van der Waals surface area contributed by atoms with Crippen molar-refractivity contribution in [2.75, 3.05) is 21.3 Å². The highest BCUT2D eigenvalue weighted by atomic mass is 16.5. The summed E-state index contributed by atoms with van der Waals surface area (Å²) in [5.41, 5.74) is 3.90. The number of aromatic nitrogens is 2. The Morgan fingerprint density at radius 1 is 0.909 bits per heavy atom. The lowest BCUT2D eigenvalue weighted by molar-refractivity contribution is 0.325. The summed E-state index contributed by atoms with van der Waals surface area (Å²) in [6.07, 6.45) is 0. The number of H-pyrrole nitrogens is 1. The van der Waals surface area contributed by atoms with Crippen LogP contribution in [0.5, 0.6) is 17.2 Å². The van der Waals surface area contributed by atoms with Crippen LogP contribution in [0.4, 0.5) is 0 Å². The summed E-state index contributed by atoms with van der Waals surface area (Å²) in [6, 6.07) is 9.81. The van der Waals surface area contributed by atoms with Gasteiger partial charge in [0.15, 0.2) is 11.5 Å². The minimum Gasteiger partial charge on any atom is -0.493 e. The highest BCUT2D eigenvalue weighted by Gasteiger charge is 2.19. The molecule has 0 radical (unpaired) electrons. The standard InChI is InChI=1S/C17H18N2O3/c1-10-6-5-7-12-14(10)19-17(18-12)11-8-9-13(20-2)16(22-4)15(11)21-3/h5-9H,1-4H3,(H,18,19). The summed E-state index contributed by atoms with van der Waals surface area (Å²) in [4.78, 5) is 8.02. The summed E-state index contributed by atoms with van der Waals surface area (Å²) < 4.78 is 16.3. The van der Waals surface area contributed by atoms with E-state index in [9.17, 15) is 0 Å². The predicted molar refractivity (Wildman–Crippen MR) is 85.9 cm³/mol. The average Bonchev–Trinajstić information content (AvgIpc) is 2.98. The van der Waals surface area contributed by atoms with Crippen molar-refractivity contribution in [2.24, 2.45) is 0 Å². The third-order valence-electron chi connectivity index (χ3n) is 3.67. The van der Waals surface area contributed by atoms with Crippen LogP contribution in [0.3, 0.4) is 0 Å². The van der Waals surface area contributed by atoms with Crippen LogP contribution in [-0.4, -0.2) is 31.3 Å². The number of methoxy groups -OCH3 is 3. The summed E-state index contributed by atoms with van der Waals surface area (Å²) >= 11 is 0. The van der Waals surface area contributed by atoms with Crippen molar-refractivity contribution in [1.82, 2.24) is 9.97 Å². The van der Waals surface area contributed by atoms with Crippen LogP contribution in [0.15, 0.2) is 30.3 Å². The van der Waals surface area contributed by atoms with E-state index in [-0.39, 0.29) is 0 Å². The van der Waals surface area contributed by atoms with Gasteiger partial charge in [-0.05, 0) is 30.7 Å². The van der Waals surface area contributed by atoms with Gasteiger partial charge >= 0.3 is 0 Å². The molecule has 5 nitrogen and oxygen atoms in total. The monoisotopic (exact) mass is 298 g/mol. The Morgan fingerprint density at radius 2 is 1.68 bits per heavy atom. The van der Waals surface area contributed by atoms with Crippen LogP contribution in [0.2, 0.25) is 0 Å². The number of fused-ring (bicyclic) bond motifs is 1. The fraction of sp³-hybridized carbons (Fsp3) is 0.235. The molecule has 5 heteroatoms. The summed E-state index contributed by atoms with van der Waals surface area (Å²) in [7, 11) is 4.79. The van der Waals surface area contributed by atoms with Gasteiger partial charge in [0.25, 0.3) is 0 Å². The van der Waals surface area contributed by atoms with Gasteiger partial charge in [0.2, 0.25) is 5.75 Å². The van der Waals surface area contributed by atoms with E-state index in [2.05, 4.69) is 4.98 Å². The number of hydrogen-bond donors (Lipinski definition) is 1. The maximum absolute atomic E-state index is 5.53. The number of benzene rings is 2. The molecule has 3 aromatic rings. The maximum Gasteiger partial charge on any atom is 0.204 e. The second kappa shape index (κ2) is 5.60. The van der Waals surface area contributed by atoms with Crippen LogP contribution >= 0.6 is 0 Å². The Labute approximate surface area is 128 Å². The van der Waals surface area contributed by atoms with Gasteiger partial charge in [-0.2, -0.15) is 0 Å². The van der Waals surface area contributed by atoms with Crippen molar-refractivity contribution in [3.8, 4) is 28.6 Å². The molecule has 0 aliphatic heterocycles. The normalized spacial score (nSPS) is 10.7. The number of hydrogen-bond acceptors (Lipinski definition) is 4. The molecule has 0 aliphatic rings. The number of aromatic amines is 1. The van der Waals surface area contributed by atoms with Crippen LogP contribution in [0.25, 0.3) is 22.4 Å².